The lowest BCUT2D eigenvalue weighted by molar-refractivity contribution is -0.163. The van der Waals surface area contributed by atoms with E-state index in [1.165, 1.54) is 6.33 Å². The van der Waals surface area contributed by atoms with Crippen molar-refractivity contribution in [1.29, 1.82) is 0 Å². The van der Waals surface area contributed by atoms with E-state index in [1.807, 2.05) is 51.1 Å². The summed E-state index contributed by atoms with van der Waals surface area (Å²) in [5.74, 6) is 0.813. The molecular formula is C24H27BrN2O5. The fourth-order valence-corrected chi connectivity index (χ4v) is 4.46. The molecule has 170 valence electrons. The minimum Gasteiger partial charge on any atom is -0.474 e. The van der Waals surface area contributed by atoms with Crippen molar-refractivity contribution in [3.63, 3.8) is 0 Å². The van der Waals surface area contributed by atoms with Crippen LogP contribution >= 0.6 is 15.9 Å². The van der Waals surface area contributed by atoms with E-state index in [0.717, 1.165) is 29.3 Å². The summed E-state index contributed by atoms with van der Waals surface area (Å²) in [5.41, 5.74) is 0.888. The van der Waals surface area contributed by atoms with Crippen LogP contribution in [0.1, 0.15) is 46.5 Å². The average Bonchev–Trinajstić information content (AvgIpc) is 3.10. The number of hydrogen-bond donors (Lipinski definition) is 0. The monoisotopic (exact) mass is 502 g/mol. The van der Waals surface area contributed by atoms with Gasteiger partial charge in [-0.2, -0.15) is 0 Å². The number of benzene rings is 1. The van der Waals surface area contributed by atoms with Gasteiger partial charge in [-0.15, -0.1) is 0 Å². The van der Waals surface area contributed by atoms with E-state index in [1.54, 1.807) is 0 Å². The van der Waals surface area contributed by atoms with Crippen LogP contribution in [0.25, 0.3) is 22.4 Å². The van der Waals surface area contributed by atoms with Crippen LogP contribution in [-0.4, -0.2) is 40.4 Å². The van der Waals surface area contributed by atoms with E-state index in [2.05, 4.69) is 25.9 Å². The third kappa shape index (κ3) is 5.48. The molecular weight excluding hydrogens is 476 g/mol. The second kappa shape index (κ2) is 9.58. The van der Waals surface area contributed by atoms with Crippen LogP contribution in [0.4, 0.5) is 0 Å². The molecule has 8 heteroatoms. The summed E-state index contributed by atoms with van der Waals surface area (Å²) in [6.07, 6.45) is 4.70. The number of esters is 1. The van der Waals surface area contributed by atoms with Gasteiger partial charge in [-0.3, -0.25) is 0 Å². The molecule has 0 unspecified atom stereocenters. The lowest BCUT2D eigenvalue weighted by Gasteiger charge is -2.29. The molecule has 3 aromatic rings. The van der Waals surface area contributed by atoms with Gasteiger partial charge in [0.25, 0.3) is 0 Å². The molecule has 0 bridgehead atoms. The highest BCUT2D eigenvalue weighted by Crippen LogP contribution is 2.41. The van der Waals surface area contributed by atoms with E-state index in [4.69, 9.17) is 18.6 Å². The Morgan fingerprint density at radius 1 is 1.16 bits per heavy atom. The highest BCUT2D eigenvalue weighted by molar-refractivity contribution is 9.10. The van der Waals surface area contributed by atoms with Crippen molar-refractivity contribution in [3.05, 3.63) is 41.1 Å². The Morgan fingerprint density at radius 2 is 1.91 bits per heavy atom. The van der Waals surface area contributed by atoms with E-state index in [9.17, 15) is 4.79 Å². The Morgan fingerprint density at radius 3 is 2.66 bits per heavy atom. The van der Waals surface area contributed by atoms with Gasteiger partial charge in [0.15, 0.2) is 5.76 Å². The Bertz CT molecular complexity index is 1080. The summed E-state index contributed by atoms with van der Waals surface area (Å²) in [4.78, 5) is 20.6. The van der Waals surface area contributed by atoms with Crippen LogP contribution in [-0.2, 0) is 14.3 Å². The van der Waals surface area contributed by atoms with Gasteiger partial charge in [-0.05, 0) is 56.0 Å². The van der Waals surface area contributed by atoms with Crippen molar-refractivity contribution >= 4 is 33.0 Å². The van der Waals surface area contributed by atoms with Gasteiger partial charge >= 0.3 is 5.97 Å². The Hall–Kier alpha value is -2.45. The van der Waals surface area contributed by atoms with E-state index in [0.29, 0.717) is 29.2 Å². The molecule has 1 aliphatic rings. The standard InChI is InChI=1S/C24H27BrN2O5/c1-24(2,3)32-18(28)13-29-16-10-7-11-17(12-16)30-22-19-20(25)21(15-8-5-4-6-9-15)31-23(19)27-14-26-22/h4-6,8-9,14,16-17H,7,10-13H2,1-3H3/t16-,17+/m1/s1. The first-order valence-electron chi connectivity index (χ1n) is 10.8. The van der Waals surface area contributed by atoms with Crippen LogP contribution in [0.15, 0.2) is 45.5 Å². The lowest BCUT2D eigenvalue weighted by Crippen LogP contribution is -2.33. The van der Waals surface area contributed by atoms with Crippen molar-refractivity contribution in [3.8, 4) is 17.2 Å². The minimum atomic E-state index is -0.520. The number of aromatic nitrogens is 2. The van der Waals surface area contributed by atoms with Crippen molar-refractivity contribution < 1.29 is 23.4 Å². The molecule has 1 saturated carbocycles. The maximum atomic E-state index is 12.0. The highest BCUT2D eigenvalue weighted by atomic mass is 79.9. The smallest absolute Gasteiger partial charge is 0.332 e. The van der Waals surface area contributed by atoms with E-state index >= 15 is 0 Å². The van der Waals surface area contributed by atoms with Gasteiger partial charge in [0.05, 0.1) is 10.6 Å². The second-order valence-corrected chi connectivity index (χ2v) is 9.69. The lowest BCUT2D eigenvalue weighted by atomic mass is 9.95. The molecule has 1 aromatic carbocycles. The maximum Gasteiger partial charge on any atom is 0.332 e. The van der Waals surface area contributed by atoms with Gasteiger partial charge in [-0.25, -0.2) is 14.8 Å². The molecule has 1 fully saturated rings. The normalized spacial score (nSPS) is 19.1. The number of fused-ring (bicyclic) bond motifs is 1. The van der Waals surface area contributed by atoms with Gasteiger partial charge < -0.3 is 18.6 Å². The summed E-state index contributed by atoms with van der Waals surface area (Å²) >= 11 is 3.65. The number of ether oxygens (including phenoxy) is 3. The van der Waals surface area contributed by atoms with Crippen molar-refractivity contribution in [1.82, 2.24) is 9.97 Å². The fourth-order valence-electron chi connectivity index (χ4n) is 3.81. The number of rotatable bonds is 6. The van der Waals surface area contributed by atoms with Gasteiger partial charge in [0.1, 0.15) is 30.0 Å². The van der Waals surface area contributed by atoms with E-state index < -0.39 is 5.60 Å². The molecule has 2 atom stereocenters. The number of hydrogen-bond acceptors (Lipinski definition) is 7. The van der Waals surface area contributed by atoms with Gasteiger partial charge in [-0.1, -0.05) is 30.3 Å². The van der Waals surface area contributed by atoms with Crippen LogP contribution in [0, 0.1) is 0 Å². The predicted molar refractivity (Wildman–Crippen MR) is 123 cm³/mol. The van der Waals surface area contributed by atoms with Gasteiger partial charge in [0, 0.05) is 12.0 Å². The second-order valence-electron chi connectivity index (χ2n) is 8.90. The molecule has 0 N–H and O–H groups in total. The largest absolute Gasteiger partial charge is 0.474 e. The average molecular weight is 503 g/mol. The third-order valence-corrected chi connectivity index (χ3v) is 5.90. The quantitative estimate of drug-likeness (QED) is 0.399. The Kier molecular flexibility index (Phi) is 6.81. The summed E-state index contributed by atoms with van der Waals surface area (Å²) in [5, 5.41) is 0.711. The SMILES string of the molecule is CC(C)(C)OC(=O)CO[C@@H]1CCC[C@H](Oc2ncnc3oc(-c4ccccc4)c(Br)c23)C1. The first-order valence-corrected chi connectivity index (χ1v) is 11.6. The number of carbonyl (C=O) groups is 1. The molecule has 2 aromatic heterocycles. The number of nitrogens with zero attached hydrogens (tertiary/aromatic N) is 2. The summed E-state index contributed by atoms with van der Waals surface area (Å²) in [6, 6.07) is 9.82. The third-order valence-electron chi connectivity index (χ3n) is 5.14. The Balaban J connectivity index is 1.45. The molecule has 0 saturated heterocycles. The summed E-state index contributed by atoms with van der Waals surface area (Å²) in [7, 11) is 0. The number of furan rings is 1. The predicted octanol–water partition coefficient (Wildman–Crippen LogP) is 5.70. The van der Waals surface area contributed by atoms with Crippen LogP contribution in [0.5, 0.6) is 5.88 Å². The van der Waals surface area contributed by atoms with Crippen molar-refractivity contribution in [2.24, 2.45) is 0 Å². The molecule has 0 radical (unpaired) electrons. The molecule has 7 nitrogen and oxygen atoms in total. The van der Waals surface area contributed by atoms with Gasteiger partial charge in [0.2, 0.25) is 11.6 Å². The zero-order valence-electron chi connectivity index (χ0n) is 18.5. The first-order chi connectivity index (χ1) is 15.3. The van der Waals surface area contributed by atoms with Crippen LogP contribution in [0.2, 0.25) is 0 Å². The number of carbonyl (C=O) groups excluding carboxylic acids is 1. The molecule has 0 spiro atoms. The molecule has 1 aliphatic carbocycles. The summed E-state index contributed by atoms with van der Waals surface area (Å²) < 4.78 is 24.2. The molecule has 0 amide bonds. The van der Waals surface area contributed by atoms with Crippen LogP contribution < -0.4 is 4.74 Å². The first kappa shape index (κ1) is 22.7. The minimum absolute atomic E-state index is 0.0554. The Labute approximate surface area is 195 Å². The topological polar surface area (TPSA) is 83.7 Å². The summed E-state index contributed by atoms with van der Waals surface area (Å²) in [6.45, 7) is 5.47. The fraction of sp³-hybridized carbons (Fsp3) is 0.458. The highest BCUT2D eigenvalue weighted by Gasteiger charge is 2.28. The maximum absolute atomic E-state index is 12.0. The molecule has 0 aliphatic heterocycles. The van der Waals surface area contributed by atoms with Crippen LogP contribution in [0.3, 0.4) is 0 Å². The molecule has 4 rings (SSSR count). The zero-order chi connectivity index (χ0) is 22.7. The number of halogens is 1. The van der Waals surface area contributed by atoms with Crippen molar-refractivity contribution in [2.75, 3.05) is 6.61 Å². The molecule has 32 heavy (non-hydrogen) atoms. The molecule has 2 heterocycles. The zero-order valence-corrected chi connectivity index (χ0v) is 20.1. The van der Waals surface area contributed by atoms with Crippen molar-refractivity contribution in [2.45, 2.75) is 64.3 Å². The van der Waals surface area contributed by atoms with E-state index in [-0.39, 0.29) is 24.8 Å².